The first kappa shape index (κ1) is 13.5. The smallest absolute Gasteiger partial charge is 0.338 e. The predicted octanol–water partition coefficient (Wildman–Crippen LogP) is 3.78. The molecular weight excluding hydrogens is 250 g/mol. The number of carbonyl (C=O) groups excluding carboxylic acids is 1. The van der Waals surface area contributed by atoms with E-state index in [-0.39, 0.29) is 12.1 Å². The van der Waals surface area contributed by atoms with Crippen molar-refractivity contribution >= 4 is 11.7 Å². The Morgan fingerprint density at radius 3 is 2.85 bits per heavy atom. The first-order chi connectivity index (χ1) is 9.74. The van der Waals surface area contributed by atoms with Crippen molar-refractivity contribution in [1.29, 1.82) is 0 Å². The third-order valence-electron chi connectivity index (χ3n) is 4.55. The van der Waals surface area contributed by atoms with Crippen molar-refractivity contribution in [3.05, 3.63) is 29.3 Å². The quantitative estimate of drug-likeness (QED) is 0.833. The molecular formula is C17H23NO2. The van der Waals surface area contributed by atoms with Crippen molar-refractivity contribution in [3.8, 4) is 0 Å². The Morgan fingerprint density at radius 2 is 2.05 bits per heavy atom. The maximum atomic E-state index is 12.4. The van der Waals surface area contributed by atoms with E-state index in [1.54, 1.807) is 0 Å². The highest BCUT2D eigenvalue weighted by Gasteiger charge is 2.24. The van der Waals surface area contributed by atoms with Crippen molar-refractivity contribution in [3.63, 3.8) is 0 Å². The third kappa shape index (κ3) is 2.82. The first-order valence-corrected chi connectivity index (χ1v) is 7.81. The summed E-state index contributed by atoms with van der Waals surface area (Å²) in [5.74, 6) is 0.642. The SMILES string of the molecule is CC1CCC(OC(=O)c2cccc3c2CCCN3)CC1. The summed E-state index contributed by atoms with van der Waals surface area (Å²) in [5, 5.41) is 3.36. The van der Waals surface area contributed by atoms with Gasteiger partial charge in [-0.2, -0.15) is 0 Å². The average molecular weight is 273 g/mol. The monoisotopic (exact) mass is 273 g/mol. The summed E-state index contributed by atoms with van der Waals surface area (Å²) in [7, 11) is 0. The van der Waals surface area contributed by atoms with Crippen molar-refractivity contribution < 1.29 is 9.53 Å². The lowest BCUT2D eigenvalue weighted by atomic mass is 9.89. The largest absolute Gasteiger partial charge is 0.459 e. The lowest BCUT2D eigenvalue weighted by Crippen LogP contribution is -2.25. The average Bonchev–Trinajstić information content (AvgIpc) is 2.49. The number of fused-ring (bicyclic) bond motifs is 1. The topological polar surface area (TPSA) is 38.3 Å². The number of ether oxygens (including phenoxy) is 1. The zero-order chi connectivity index (χ0) is 13.9. The highest BCUT2D eigenvalue weighted by atomic mass is 16.5. The van der Waals surface area contributed by atoms with E-state index >= 15 is 0 Å². The molecule has 0 saturated heterocycles. The molecule has 1 fully saturated rings. The van der Waals surface area contributed by atoms with Gasteiger partial charge in [-0.05, 0) is 62.1 Å². The fourth-order valence-corrected chi connectivity index (χ4v) is 3.26. The molecule has 0 amide bonds. The molecule has 0 bridgehead atoms. The molecule has 3 nitrogen and oxygen atoms in total. The number of hydrogen-bond acceptors (Lipinski definition) is 3. The lowest BCUT2D eigenvalue weighted by Gasteiger charge is -2.27. The molecule has 0 unspecified atom stereocenters. The molecule has 1 aliphatic heterocycles. The molecule has 108 valence electrons. The maximum absolute atomic E-state index is 12.4. The zero-order valence-corrected chi connectivity index (χ0v) is 12.2. The molecule has 2 aliphatic rings. The highest BCUT2D eigenvalue weighted by Crippen LogP contribution is 2.29. The molecule has 0 atom stereocenters. The minimum Gasteiger partial charge on any atom is -0.459 e. The standard InChI is InChI=1S/C17H23NO2/c1-12-7-9-13(10-8-12)20-17(19)15-4-2-6-16-14(15)5-3-11-18-16/h2,4,6,12-13,18H,3,5,7-11H2,1H3. The zero-order valence-electron chi connectivity index (χ0n) is 12.2. The summed E-state index contributed by atoms with van der Waals surface area (Å²) < 4.78 is 5.73. The van der Waals surface area contributed by atoms with Crippen molar-refractivity contribution in [2.24, 2.45) is 5.92 Å². The van der Waals surface area contributed by atoms with Gasteiger partial charge in [0.05, 0.1) is 5.56 Å². The summed E-state index contributed by atoms with van der Waals surface area (Å²) >= 11 is 0. The minimum atomic E-state index is -0.134. The van der Waals surface area contributed by atoms with E-state index < -0.39 is 0 Å². The molecule has 1 heterocycles. The maximum Gasteiger partial charge on any atom is 0.338 e. The second-order valence-electron chi connectivity index (χ2n) is 6.15. The van der Waals surface area contributed by atoms with Gasteiger partial charge in [-0.1, -0.05) is 13.0 Å². The highest BCUT2D eigenvalue weighted by molar-refractivity contribution is 5.93. The Hall–Kier alpha value is -1.51. The van der Waals surface area contributed by atoms with Gasteiger partial charge in [0, 0.05) is 12.2 Å². The second kappa shape index (κ2) is 5.86. The van der Waals surface area contributed by atoms with Gasteiger partial charge >= 0.3 is 5.97 Å². The molecule has 1 aromatic rings. The van der Waals surface area contributed by atoms with Gasteiger partial charge in [0.2, 0.25) is 0 Å². The minimum absolute atomic E-state index is 0.117. The molecule has 1 N–H and O–H groups in total. The molecule has 0 spiro atoms. The van der Waals surface area contributed by atoms with Crippen LogP contribution in [0.25, 0.3) is 0 Å². The van der Waals surface area contributed by atoms with Gasteiger partial charge in [0.25, 0.3) is 0 Å². The summed E-state index contributed by atoms with van der Waals surface area (Å²) in [6.07, 6.45) is 6.54. The van der Waals surface area contributed by atoms with Gasteiger partial charge in [-0.3, -0.25) is 0 Å². The van der Waals surface area contributed by atoms with Crippen LogP contribution in [0.5, 0.6) is 0 Å². The Morgan fingerprint density at radius 1 is 1.25 bits per heavy atom. The third-order valence-corrected chi connectivity index (χ3v) is 4.55. The van der Waals surface area contributed by atoms with Gasteiger partial charge < -0.3 is 10.1 Å². The molecule has 3 rings (SSSR count). The number of esters is 1. The summed E-state index contributed by atoms with van der Waals surface area (Å²) in [5.41, 5.74) is 2.99. The van der Waals surface area contributed by atoms with E-state index in [2.05, 4.69) is 12.2 Å². The van der Waals surface area contributed by atoms with Crippen LogP contribution in [0, 0.1) is 5.92 Å². The second-order valence-corrected chi connectivity index (χ2v) is 6.15. The van der Waals surface area contributed by atoms with E-state index in [0.29, 0.717) is 0 Å². The normalized spacial score (nSPS) is 25.4. The molecule has 1 aliphatic carbocycles. The van der Waals surface area contributed by atoms with Gasteiger partial charge in [-0.25, -0.2) is 4.79 Å². The van der Waals surface area contributed by atoms with Crippen LogP contribution in [-0.2, 0) is 11.2 Å². The van der Waals surface area contributed by atoms with Crippen molar-refractivity contribution in [1.82, 2.24) is 0 Å². The van der Waals surface area contributed by atoms with Crippen LogP contribution < -0.4 is 5.32 Å². The first-order valence-electron chi connectivity index (χ1n) is 7.81. The van der Waals surface area contributed by atoms with Crippen LogP contribution >= 0.6 is 0 Å². The fourth-order valence-electron chi connectivity index (χ4n) is 3.26. The summed E-state index contributed by atoms with van der Waals surface area (Å²) in [6, 6.07) is 5.89. The van der Waals surface area contributed by atoms with Crippen LogP contribution in [0.3, 0.4) is 0 Å². The molecule has 0 radical (unpaired) electrons. The molecule has 0 aromatic heterocycles. The van der Waals surface area contributed by atoms with E-state index in [1.165, 1.54) is 12.8 Å². The summed E-state index contributed by atoms with van der Waals surface area (Å²) in [6.45, 7) is 3.27. The van der Waals surface area contributed by atoms with Crippen LogP contribution in [0.2, 0.25) is 0 Å². The molecule has 20 heavy (non-hydrogen) atoms. The van der Waals surface area contributed by atoms with Gasteiger partial charge in [0.15, 0.2) is 0 Å². The number of benzene rings is 1. The lowest BCUT2D eigenvalue weighted by molar-refractivity contribution is 0.0172. The fraction of sp³-hybridized carbons (Fsp3) is 0.588. The number of nitrogens with one attached hydrogen (secondary N) is 1. The van der Waals surface area contributed by atoms with Gasteiger partial charge in [-0.15, -0.1) is 0 Å². The number of hydrogen-bond donors (Lipinski definition) is 1. The van der Waals surface area contributed by atoms with E-state index in [0.717, 1.165) is 55.0 Å². The molecule has 3 heteroatoms. The van der Waals surface area contributed by atoms with Crippen LogP contribution in [-0.4, -0.2) is 18.6 Å². The number of anilines is 1. The van der Waals surface area contributed by atoms with Crippen molar-refractivity contribution in [2.45, 2.75) is 51.6 Å². The van der Waals surface area contributed by atoms with Crippen LogP contribution in [0.15, 0.2) is 18.2 Å². The summed E-state index contributed by atoms with van der Waals surface area (Å²) in [4.78, 5) is 12.4. The van der Waals surface area contributed by atoms with Crippen molar-refractivity contribution in [2.75, 3.05) is 11.9 Å². The number of rotatable bonds is 2. The Balaban J connectivity index is 1.71. The Bertz CT molecular complexity index is 490. The van der Waals surface area contributed by atoms with Crippen LogP contribution in [0.1, 0.15) is 54.9 Å². The Labute approximate surface area is 120 Å². The Kier molecular flexibility index (Phi) is 3.95. The molecule has 1 saturated carbocycles. The van der Waals surface area contributed by atoms with E-state index in [4.69, 9.17) is 4.74 Å². The van der Waals surface area contributed by atoms with E-state index in [1.807, 2.05) is 18.2 Å². The van der Waals surface area contributed by atoms with Gasteiger partial charge in [0.1, 0.15) is 6.10 Å². The van der Waals surface area contributed by atoms with Crippen LogP contribution in [0.4, 0.5) is 5.69 Å². The number of carbonyl (C=O) groups is 1. The predicted molar refractivity (Wildman–Crippen MR) is 80.1 cm³/mol. The van der Waals surface area contributed by atoms with E-state index in [9.17, 15) is 4.79 Å². The molecule has 1 aromatic carbocycles.